The fourth-order valence-electron chi connectivity index (χ4n) is 5.53. The molecule has 294 valence electrons. The van der Waals surface area contributed by atoms with E-state index in [-0.39, 0.29) is 19.1 Å². The van der Waals surface area contributed by atoms with Crippen LogP contribution in [0.2, 0.25) is 0 Å². The Morgan fingerprint density at radius 3 is 1.58 bits per heavy atom. The molecule has 0 fully saturated rings. The molecule has 0 heterocycles. The van der Waals surface area contributed by atoms with Crippen LogP contribution in [-0.4, -0.2) is 73.4 Å². The lowest BCUT2D eigenvalue weighted by molar-refractivity contribution is -0.870. The first kappa shape index (κ1) is 48.7. The third-order valence-electron chi connectivity index (χ3n) is 8.84. The second kappa shape index (κ2) is 33.5. The standard InChI is InChI=1S/C41H79N2O6P/c1-6-8-10-12-14-16-18-20-21-22-23-25-27-29-31-33-35-41(45)42-39(38-49-50(46,47)48-37-36-43(3,4)5)40(44)34-32-30-28-26-24-19-17-15-13-11-9-7-2/h13,15,24,26,32,34,39-40,44H,6-12,14,16-23,25,27-31,33,35-38H2,1-5H3,(H-,42,45,46,47)/p+1/b15-13+,26-24+,34-32+. The van der Waals surface area contributed by atoms with Crippen LogP contribution in [0.5, 0.6) is 0 Å². The number of amides is 1. The number of aliphatic hydroxyl groups is 1. The molecule has 9 heteroatoms. The highest BCUT2D eigenvalue weighted by Gasteiger charge is 2.27. The van der Waals surface area contributed by atoms with E-state index in [1.54, 1.807) is 6.08 Å². The van der Waals surface area contributed by atoms with Gasteiger partial charge in [0.25, 0.3) is 0 Å². The molecule has 3 unspecified atom stereocenters. The summed E-state index contributed by atoms with van der Waals surface area (Å²) in [7, 11) is 1.54. The maximum Gasteiger partial charge on any atom is 0.472 e. The average molecular weight is 728 g/mol. The number of phosphoric acid groups is 1. The number of quaternary nitrogens is 1. The van der Waals surface area contributed by atoms with Gasteiger partial charge >= 0.3 is 7.82 Å². The average Bonchev–Trinajstić information content (AvgIpc) is 3.06. The van der Waals surface area contributed by atoms with E-state index in [0.29, 0.717) is 17.4 Å². The van der Waals surface area contributed by atoms with Crippen LogP contribution in [0.4, 0.5) is 0 Å². The Hall–Kier alpha value is -1.28. The molecule has 0 aliphatic carbocycles. The first-order chi connectivity index (χ1) is 24.0. The number of unbranched alkanes of at least 4 members (excludes halogenated alkanes) is 19. The molecule has 3 N–H and O–H groups in total. The molecule has 0 aliphatic heterocycles. The van der Waals surface area contributed by atoms with E-state index >= 15 is 0 Å². The molecule has 3 atom stereocenters. The highest BCUT2D eigenvalue weighted by atomic mass is 31.2. The fourth-order valence-corrected chi connectivity index (χ4v) is 6.26. The zero-order valence-electron chi connectivity index (χ0n) is 33.1. The second-order valence-electron chi connectivity index (χ2n) is 15.0. The Labute approximate surface area is 308 Å². The molecule has 0 bridgehead atoms. The summed E-state index contributed by atoms with van der Waals surface area (Å²) < 4.78 is 23.4. The molecule has 0 aromatic carbocycles. The lowest BCUT2D eigenvalue weighted by atomic mass is 10.0. The molecule has 0 saturated carbocycles. The highest BCUT2D eigenvalue weighted by Crippen LogP contribution is 2.43. The van der Waals surface area contributed by atoms with Crippen molar-refractivity contribution in [2.45, 2.75) is 180 Å². The van der Waals surface area contributed by atoms with Crippen molar-refractivity contribution in [2.24, 2.45) is 0 Å². The van der Waals surface area contributed by atoms with E-state index in [1.165, 1.54) is 96.3 Å². The minimum Gasteiger partial charge on any atom is -0.387 e. The van der Waals surface area contributed by atoms with Gasteiger partial charge in [0.2, 0.25) is 5.91 Å². The molecule has 8 nitrogen and oxygen atoms in total. The Morgan fingerprint density at radius 2 is 1.10 bits per heavy atom. The summed E-state index contributed by atoms with van der Waals surface area (Å²) in [5, 5.41) is 13.7. The van der Waals surface area contributed by atoms with Crippen LogP contribution in [0.15, 0.2) is 36.5 Å². The molecular weight excluding hydrogens is 647 g/mol. The summed E-state index contributed by atoms with van der Waals surface area (Å²) in [6.07, 6.45) is 39.2. The molecule has 0 aromatic heterocycles. The number of likely N-dealkylation sites (N-methyl/N-ethyl adjacent to an activating group) is 1. The van der Waals surface area contributed by atoms with Crippen LogP contribution in [0.1, 0.15) is 168 Å². The molecule has 0 radical (unpaired) electrons. The van der Waals surface area contributed by atoms with Gasteiger partial charge in [-0.3, -0.25) is 13.8 Å². The van der Waals surface area contributed by atoms with Crippen LogP contribution in [-0.2, 0) is 18.4 Å². The van der Waals surface area contributed by atoms with Gasteiger partial charge in [-0.1, -0.05) is 159 Å². The number of nitrogens with zero attached hydrogens (tertiary/aromatic N) is 1. The van der Waals surface area contributed by atoms with Gasteiger partial charge in [-0.15, -0.1) is 0 Å². The van der Waals surface area contributed by atoms with E-state index in [0.717, 1.165) is 51.4 Å². The molecule has 0 saturated heterocycles. The van der Waals surface area contributed by atoms with E-state index in [4.69, 9.17) is 9.05 Å². The van der Waals surface area contributed by atoms with Gasteiger partial charge in [0.05, 0.1) is 39.9 Å². The zero-order chi connectivity index (χ0) is 37.2. The molecule has 50 heavy (non-hydrogen) atoms. The van der Waals surface area contributed by atoms with Crippen molar-refractivity contribution in [3.63, 3.8) is 0 Å². The number of carbonyl (C=O) groups excluding carboxylic acids is 1. The summed E-state index contributed by atoms with van der Waals surface area (Å²) in [5.41, 5.74) is 0. The number of hydrogen-bond donors (Lipinski definition) is 3. The third kappa shape index (κ3) is 35.1. The number of rotatable bonds is 36. The van der Waals surface area contributed by atoms with Crippen LogP contribution in [0.25, 0.3) is 0 Å². The highest BCUT2D eigenvalue weighted by molar-refractivity contribution is 7.47. The third-order valence-corrected chi connectivity index (χ3v) is 9.82. The summed E-state index contributed by atoms with van der Waals surface area (Å²) >= 11 is 0. The van der Waals surface area contributed by atoms with E-state index < -0.39 is 20.0 Å². The first-order valence-electron chi connectivity index (χ1n) is 20.4. The summed E-state index contributed by atoms with van der Waals surface area (Å²) in [4.78, 5) is 23.0. The van der Waals surface area contributed by atoms with Crippen molar-refractivity contribution < 1.29 is 32.9 Å². The summed E-state index contributed by atoms with van der Waals surface area (Å²) in [5.74, 6) is -0.193. The number of allylic oxidation sites excluding steroid dienone is 5. The van der Waals surface area contributed by atoms with Crippen molar-refractivity contribution in [3.8, 4) is 0 Å². The van der Waals surface area contributed by atoms with Crippen LogP contribution < -0.4 is 5.32 Å². The van der Waals surface area contributed by atoms with Crippen LogP contribution >= 0.6 is 7.82 Å². The normalized spacial score (nSPS) is 14.9. The van der Waals surface area contributed by atoms with Crippen molar-refractivity contribution in [1.82, 2.24) is 5.32 Å². The SMILES string of the molecule is CCCC/C=C/CC/C=C/CC/C=C/C(O)C(COP(=O)(O)OCC[N+](C)(C)C)NC(=O)CCCCCCCCCCCCCCCCCC. The first-order valence-corrected chi connectivity index (χ1v) is 21.9. The number of nitrogens with one attached hydrogen (secondary N) is 1. The molecular formula is C41H80N2O6P+. The van der Waals surface area contributed by atoms with Crippen molar-refractivity contribution in [1.29, 1.82) is 0 Å². The molecule has 0 spiro atoms. The number of aliphatic hydroxyl groups excluding tert-OH is 1. The maximum atomic E-state index is 12.8. The summed E-state index contributed by atoms with van der Waals surface area (Å²) in [6, 6.07) is -0.864. The Balaban J connectivity index is 4.50. The van der Waals surface area contributed by atoms with Gasteiger partial charge < -0.3 is 19.8 Å². The molecule has 0 aliphatic rings. The lowest BCUT2D eigenvalue weighted by Crippen LogP contribution is -2.45. The van der Waals surface area contributed by atoms with Gasteiger partial charge in [-0.2, -0.15) is 0 Å². The van der Waals surface area contributed by atoms with Crippen molar-refractivity contribution in [3.05, 3.63) is 36.5 Å². The van der Waals surface area contributed by atoms with Gasteiger partial charge in [-0.05, 0) is 38.5 Å². The van der Waals surface area contributed by atoms with Crippen LogP contribution in [0.3, 0.4) is 0 Å². The van der Waals surface area contributed by atoms with Gasteiger partial charge in [0, 0.05) is 6.42 Å². The molecule has 1 amide bonds. The van der Waals surface area contributed by atoms with Crippen molar-refractivity contribution in [2.75, 3.05) is 40.9 Å². The monoisotopic (exact) mass is 728 g/mol. The smallest absolute Gasteiger partial charge is 0.387 e. The van der Waals surface area contributed by atoms with Gasteiger partial charge in [0.1, 0.15) is 13.2 Å². The van der Waals surface area contributed by atoms with E-state index in [2.05, 4.69) is 43.5 Å². The summed E-state index contributed by atoms with van der Waals surface area (Å²) in [6.45, 7) is 4.72. The number of phosphoric ester groups is 1. The Bertz CT molecular complexity index is 917. The minimum absolute atomic E-state index is 0.0542. The van der Waals surface area contributed by atoms with E-state index in [9.17, 15) is 19.4 Å². The van der Waals surface area contributed by atoms with Gasteiger partial charge in [0.15, 0.2) is 0 Å². The topological polar surface area (TPSA) is 105 Å². The molecule has 0 aromatic rings. The van der Waals surface area contributed by atoms with Gasteiger partial charge in [-0.25, -0.2) is 4.57 Å². The second-order valence-corrected chi connectivity index (χ2v) is 16.5. The number of hydrogen-bond acceptors (Lipinski definition) is 5. The zero-order valence-corrected chi connectivity index (χ0v) is 34.0. The van der Waals surface area contributed by atoms with Crippen molar-refractivity contribution >= 4 is 13.7 Å². The van der Waals surface area contributed by atoms with E-state index in [1.807, 2.05) is 27.2 Å². The Morgan fingerprint density at radius 1 is 0.660 bits per heavy atom. The largest absolute Gasteiger partial charge is 0.472 e. The Kier molecular flexibility index (Phi) is 32.7. The lowest BCUT2D eigenvalue weighted by Gasteiger charge is -2.25. The van der Waals surface area contributed by atoms with Crippen LogP contribution in [0, 0.1) is 0 Å². The minimum atomic E-state index is -4.34. The number of carbonyl (C=O) groups is 1. The predicted octanol–water partition coefficient (Wildman–Crippen LogP) is 10.7. The fraction of sp³-hybridized carbons (Fsp3) is 0.829. The maximum absolute atomic E-state index is 12.8. The quantitative estimate of drug-likeness (QED) is 0.0257. The molecule has 0 rings (SSSR count). The predicted molar refractivity (Wildman–Crippen MR) is 212 cm³/mol.